The van der Waals surface area contributed by atoms with Gasteiger partial charge in [-0.1, -0.05) is 95.8 Å². The molecule has 0 N–H and O–H groups in total. The minimum Gasteiger partial charge on any atom is -0.488 e. The van der Waals surface area contributed by atoms with Crippen LogP contribution in [0.5, 0.6) is 5.75 Å². The second-order valence-electron chi connectivity index (χ2n) is 9.46. The molecule has 0 aromatic heterocycles. The van der Waals surface area contributed by atoms with Gasteiger partial charge in [0.1, 0.15) is 18.2 Å². The van der Waals surface area contributed by atoms with Gasteiger partial charge in [0.05, 0.1) is 6.61 Å². The van der Waals surface area contributed by atoms with Crippen LogP contribution in [0.1, 0.15) is 52.7 Å². The summed E-state index contributed by atoms with van der Waals surface area (Å²) in [5, 5.41) is 1.23. The zero-order chi connectivity index (χ0) is 24.0. The Balaban J connectivity index is 1.90. The largest absolute Gasteiger partial charge is 0.488 e. The van der Waals surface area contributed by atoms with Crippen LogP contribution in [0.25, 0.3) is 10.8 Å². The molecule has 0 amide bonds. The first-order valence-corrected chi connectivity index (χ1v) is 13.9. The van der Waals surface area contributed by atoms with Crippen LogP contribution in [0.3, 0.4) is 0 Å². The molecule has 0 radical (unpaired) electrons. The first-order chi connectivity index (χ1) is 15.8. The van der Waals surface area contributed by atoms with Crippen LogP contribution in [0.4, 0.5) is 4.39 Å². The van der Waals surface area contributed by atoms with Gasteiger partial charge in [0.25, 0.3) is 0 Å². The molecule has 0 saturated carbocycles. The lowest BCUT2D eigenvalue weighted by Crippen LogP contribution is -2.47. The fourth-order valence-electron chi connectivity index (χ4n) is 5.09. The number of ether oxygens (including phenoxy) is 1. The topological polar surface area (TPSA) is 18.5 Å². The van der Waals surface area contributed by atoms with E-state index in [2.05, 4.69) is 53.4 Å². The molecular formula is C29H35FO2Si. The Morgan fingerprint density at radius 3 is 2.12 bits per heavy atom. The molecule has 0 fully saturated rings. The molecule has 174 valence electrons. The molecule has 3 aromatic rings. The van der Waals surface area contributed by atoms with E-state index in [1.54, 1.807) is 12.1 Å². The monoisotopic (exact) mass is 462 g/mol. The molecule has 0 unspecified atom stereocenters. The highest BCUT2D eigenvalue weighted by molar-refractivity contribution is 6.77. The van der Waals surface area contributed by atoms with Crippen molar-refractivity contribution < 1.29 is 13.6 Å². The molecule has 0 aliphatic heterocycles. The average Bonchev–Trinajstić information content (AvgIpc) is 2.79. The molecule has 0 aliphatic rings. The maximum atomic E-state index is 14.6. The van der Waals surface area contributed by atoms with Crippen LogP contribution in [0.2, 0.25) is 16.6 Å². The standard InChI is InChI=1S/C29H35FO2Si/c1-21(2)33(22(3)4,23(5)6)32-19-11-15-25-14-10-16-26-27(30)17-18-28(29(25)26)31-20-24-12-8-7-9-13-24/h7-10,12-14,16-18,21-23H,19-20H2,1-6H3. The van der Waals surface area contributed by atoms with E-state index in [4.69, 9.17) is 9.16 Å². The summed E-state index contributed by atoms with van der Waals surface area (Å²) in [6.45, 7) is 14.4. The van der Waals surface area contributed by atoms with Crippen molar-refractivity contribution in [2.45, 2.75) is 64.8 Å². The molecule has 2 nitrogen and oxygen atoms in total. The zero-order valence-electron chi connectivity index (χ0n) is 20.6. The van der Waals surface area contributed by atoms with Crippen LogP contribution in [0, 0.1) is 17.7 Å². The molecule has 33 heavy (non-hydrogen) atoms. The number of hydrogen-bond acceptors (Lipinski definition) is 2. The number of rotatable bonds is 8. The molecule has 0 bridgehead atoms. The van der Waals surface area contributed by atoms with Gasteiger partial charge in [-0.15, -0.1) is 0 Å². The number of benzene rings is 3. The maximum absolute atomic E-state index is 14.6. The minimum atomic E-state index is -1.98. The predicted octanol–water partition coefficient (Wildman–Crippen LogP) is 8.10. The summed E-state index contributed by atoms with van der Waals surface area (Å²) < 4.78 is 27.3. The summed E-state index contributed by atoms with van der Waals surface area (Å²) in [5.41, 5.74) is 3.32. The molecule has 0 aliphatic carbocycles. The highest BCUT2D eigenvalue weighted by atomic mass is 28.4. The van der Waals surface area contributed by atoms with Crippen molar-refractivity contribution in [2.75, 3.05) is 6.61 Å². The van der Waals surface area contributed by atoms with Crippen molar-refractivity contribution in [1.82, 2.24) is 0 Å². The second-order valence-corrected chi connectivity index (χ2v) is 14.9. The number of halogens is 1. The molecule has 0 atom stereocenters. The van der Waals surface area contributed by atoms with E-state index in [1.165, 1.54) is 6.07 Å². The van der Waals surface area contributed by atoms with E-state index in [0.717, 1.165) is 11.1 Å². The van der Waals surface area contributed by atoms with Gasteiger partial charge in [0.2, 0.25) is 8.32 Å². The lowest BCUT2D eigenvalue weighted by molar-refractivity contribution is 0.309. The Hall–Kier alpha value is -2.61. The fourth-order valence-corrected chi connectivity index (χ4v) is 10.4. The summed E-state index contributed by atoms with van der Waals surface area (Å²) >= 11 is 0. The molecular weight excluding hydrogens is 427 g/mol. The summed E-state index contributed by atoms with van der Waals surface area (Å²) in [4.78, 5) is 0. The van der Waals surface area contributed by atoms with Gasteiger partial charge in [-0.25, -0.2) is 4.39 Å². The zero-order valence-corrected chi connectivity index (χ0v) is 21.6. The van der Waals surface area contributed by atoms with Crippen LogP contribution in [-0.2, 0) is 11.0 Å². The van der Waals surface area contributed by atoms with E-state index in [1.807, 2.05) is 42.5 Å². The third-order valence-corrected chi connectivity index (χ3v) is 12.6. The Morgan fingerprint density at radius 2 is 1.48 bits per heavy atom. The van der Waals surface area contributed by atoms with E-state index in [-0.39, 0.29) is 5.82 Å². The molecule has 0 spiro atoms. The SMILES string of the molecule is CC(C)[Si](OCC#Cc1cccc2c(F)ccc(OCc3ccccc3)c12)(C(C)C)C(C)C. The van der Waals surface area contributed by atoms with Crippen LogP contribution in [-0.4, -0.2) is 14.9 Å². The summed E-state index contributed by atoms with van der Waals surface area (Å²) in [6.07, 6.45) is 0. The highest BCUT2D eigenvalue weighted by Gasteiger charge is 2.44. The average molecular weight is 463 g/mol. The minimum absolute atomic E-state index is 0.275. The lowest BCUT2D eigenvalue weighted by Gasteiger charge is -2.41. The van der Waals surface area contributed by atoms with E-state index < -0.39 is 8.32 Å². The number of fused-ring (bicyclic) bond motifs is 1. The van der Waals surface area contributed by atoms with Crippen molar-refractivity contribution in [2.24, 2.45) is 0 Å². The van der Waals surface area contributed by atoms with E-state index in [9.17, 15) is 4.39 Å². The van der Waals surface area contributed by atoms with Crippen molar-refractivity contribution in [3.05, 3.63) is 77.6 Å². The van der Waals surface area contributed by atoms with E-state index in [0.29, 0.717) is 46.4 Å². The van der Waals surface area contributed by atoms with Crippen LogP contribution < -0.4 is 4.74 Å². The van der Waals surface area contributed by atoms with Gasteiger partial charge in [0.15, 0.2) is 0 Å². The van der Waals surface area contributed by atoms with Crippen molar-refractivity contribution in [3.63, 3.8) is 0 Å². The Kier molecular flexibility index (Phi) is 8.34. The molecule has 0 saturated heterocycles. The molecule has 3 rings (SSSR count). The van der Waals surface area contributed by atoms with Crippen LogP contribution >= 0.6 is 0 Å². The van der Waals surface area contributed by atoms with Gasteiger partial charge in [-0.3, -0.25) is 0 Å². The molecule has 4 heteroatoms. The van der Waals surface area contributed by atoms with Gasteiger partial charge < -0.3 is 9.16 Å². The predicted molar refractivity (Wildman–Crippen MR) is 139 cm³/mol. The van der Waals surface area contributed by atoms with Gasteiger partial charge in [-0.05, 0) is 40.4 Å². The molecule has 0 heterocycles. The summed E-state index contributed by atoms with van der Waals surface area (Å²) in [7, 11) is -1.98. The third-order valence-electron chi connectivity index (χ3n) is 6.51. The number of hydrogen-bond donors (Lipinski definition) is 0. The van der Waals surface area contributed by atoms with Gasteiger partial charge in [0, 0.05) is 16.3 Å². The van der Waals surface area contributed by atoms with Crippen molar-refractivity contribution >= 4 is 19.1 Å². The summed E-state index contributed by atoms with van der Waals surface area (Å²) in [6, 6.07) is 18.6. The van der Waals surface area contributed by atoms with E-state index >= 15 is 0 Å². The first kappa shape index (κ1) is 25.0. The Morgan fingerprint density at radius 1 is 0.818 bits per heavy atom. The van der Waals surface area contributed by atoms with Gasteiger partial charge in [-0.2, -0.15) is 0 Å². The Labute approximate surface area is 199 Å². The summed E-state index contributed by atoms with van der Waals surface area (Å²) in [5.74, 6) is 6.82. The smallest absolute Gasteiger partial charge is 0.201 e. The molecule has 3 aromatic carbocycles. The third kappa shape index (κ3) is 5.49. The lowest BCUT2D eigenvalue weighted by atomic mass is 10.0. The van der Waals surface area contributed by atoms with Gasteiger partial charge >= 0.3 is 0 Å². The second kappa shape index (κ2) is 11.0. The first-order valence-electron chi connectivity index (χ1n) is 11.8. The highest BCUT2D eigenvalue weighted by Crippen LogP contribution is 2.42. The normalized spacial score (nSPS) is 11.8. The maximum Gasteiger partial charge on any atom is 0.201 e. The Bertz CT molecular complexity index is 1110. The van der Waals surface area contributed by atoms with Crippen molar-refractivity contribution in [1.29, 1.82) is 0 Å². The van der Waals surface area contributed by atoms with Crippen LogP contribution in [0.15, 0.2) is 60.7 Å². The van der Waals surface area contributed by atoms with Crippen molar-refractivity contribution in [3.8, 4) is 17.6 Å². The fraction of sp³-hybridized carbons (Fsp3) is 0.379. The quantitative estimate of drug-likeness (QED) is 0.249.